The van der Waals surface area contributed by atoms with Crippen molar-refractivity contribution >= 4 is 21.4 Å². The molecule has 3 nitrogen and oxygen atoms in total. The van der Waals surface area contributed by atoms with Crippen LogP contribution in [0.5, 0.6) is 0 Å². The molecule has 2 N–H and O–H groups in total. The molecule has 0 saturated carbocycles. The molecule has 131 valence electrons. The molecule has 0 fully saturated rings. The molecule has 1 aromatic carbocycles. The monoisotopic (exact) mass is 521 g/mol. The first-order chi connectivity index (χ1) is 11.0. The molecule has 0 saturated heterocycles. The molecule has 3 rings (SSSR count). The molecule has 0 bridgehead atoms. The van der Waals surface area contributed by atoms with E-state index in [1.54, 1.807) is 25.2 Å². The van der Waals surface area contributed by atoms with Gasteiger partial charge < -0.3 is 10.2 Å². The van der Waals surface area contributed by atoms with E-state index >= 15 is 0 Å². The SMILES string of the molecule is CC(O)CC(C)O.[CH2-]c1c(-c2ccccn2)sc2ccccc12.[Ir]. The van der Waals surface area contributed by atoms with Crippen molar-refractivity contribution in [3.05, 3.63) is 61.1 Å². The first-order valence-corrected chi connectivity index (χ1v) is 8.41. The second kappa shape index (κ2) is 9.92. The van der Waals surface area contributed by atoms with Crippen molar-refractivity contribution in [3.63, 3.8) is 0 Å². The Bertz CT molecular complexity index is 735. The van der Waals surface area contributed by atoms with Gasteiger partial charge in [0.05, 0.1) is 12.2 Å². The summed E-state index contributed by atoms with van der Waals surface area (Å²) in [7, 11) is 0. The van der Waals surface area contributed by atoms with Crippen LogP contribution in [0.25, 0.3) is 20.7 Å². The molecular formula is C19H22IrNO2S-. The zero-order valence-electron chi connectivity index (χ0n) is 13.8. The maximum absolute atomic E-state index is 8.56. The Hall–Kier alpha value is -1.23. The molecular weight excluding hydrogens is 498 g/mol. The van der Waals surface area contributed by atoms with E-state index < -0.39 is 0 Å². The maximum Gasteiger partial charge on any atom is 0.0536 e. The molecule has 3 aromatic rings. The second-order valence-electron chi connectivity index (χ2n) is 5.55. The number of pyridine rings is 1. The number of aromatic nitrogens is 1. The van der Waals surface area contributed by atoms with Gasteiger partial charge in [-0.25, -0.2) is 11.3 Å². The molecule has 0 spiro atoms. The van der Waals surface area contributed by atoms with Gasteiger partial charge in [0.2, 0.25) is 0 Å². The van der Waals surface area contributed by atoms with E-state index in [1.807, 2.05) is 30.5 Å². The number of rotatable bonds is 3. The number of aliphatic hydroxyl groups is 2. The van der Waals surface area contributed by atoms with Crippen LogP contribution in [-0.2, 0) is 20.1 Å². The Balaban J connectivity index is 0.000000312. The first-order valence-electron chi connectivity index (χ1n) is 7.60. The number of hydrogen-bond donors (Lipinski definition) is 2. The summed E-state index contributed by atoms with van der Waals surface area (Å²) in [5.41, 5.74) is 2.09. The Morgan fingerprint density at radius 3 is 2.17 bits per heavy atom. The van der Waals surface area contributed by atoms with E-state index in [0.29, 0.717) is 6.42 Å². The van der Waals surface area contributed by atoms with Crippen LogP contribution in [0.3, 0.4) is 0 Å². The molecule has 2 unspecified atom stereocenters. The number of thiophene rings is 1. The third-order valence-corrected chi connectivity index (χ3v) is 4.51. The fraction of sp³-hybridized carbons (Fsp3) is 0.263. The van der Waals surface area contributed by atoms with Crippen LogP contribution in [0.2, 0.25) is 0 Å². The normalized spacial score (nSPS) is 12.7. The predicted octanol–water partition coefficient (Wildman–Crippen LogP) is 4.28. The zero-order chi connectivity index (χ0) is 16.8. The molecule has 0 aliphatic heterocycles. The Kier molecular flexibility index (Phi) is 8.60. The van der Waals surface area contributed by atoms with Crippen molar-refractivity contribution in [1.82, 2.24) is 4.98 Å². The Morgan fingerprint density at radius 1 is 1.04 bits per heavy atom. The van der Waals surface area contributed by atoms with Crippen molar-refractivity contribution in [2.75, 3.05) is 0 Å². The Labute approximate surface area is 160 Å². The average molecular weight is 521 g/mol. The standard InChI is InChI=1S/C14H10NS.C5H12O2.Ir/c1-10-11-6-2-3-8-13(11)16-14(10)12-7-4-5-9-15-12;1-4(6)3-5(2)7;/h2-9H,1H2;4-7H,3H2,1-2H3;/q-1;;. The van der Waals surface area contributed by atoms with Crippen molar-refractivity contribution in [1.29, 1.82) is 0 Å². The summed E-state index contributed by atoms with van der Waals surface area (Å²) in [6, 6.07) is 14.3. The largest absolute Gasteiger partial charge is 0.393 e. The van der Waals surface area contributed by atoms with Gasteiger partial charge in [-0.2, -0.15) is 12.5 Å². The first kappa shape index (κ1) is 20.8. The number of benzene rings is 1. The third-order valence-electron chi connectivity index (χ3n) is 3.28. The van der Waals surface area contributed by atoms with E-state index in [4.69, 9.17) is 10.2 Å². The molecule has 0 amide bonds. The summed E-state index contributed by atoms with van der Waals surface area (Å²) in [5, 5.41) is 18.4. The van der Waals surface area contributed by atoms with Gasteiger partial charge in [-0.3, -0.25) is 4.98 Å². The molecule has 5 heteroatoms. The van der Waals surface area contributed by atoms with Crippen LogP contribution in [0, 0.1) is 6.92 Å². The Morgan fingerprint density at radius 2 is 1.67 bits per heavy atom. The van der Waals surface area contributed by atoms with Gasteiger partial charge in [0.1, 0.15) is 0 Å². The summed E-state index contributed by atoms with van der Waals surface area (Å²) >= 11 is 1.75. The second-order valence-corrected chi connectivity index (χ2v) is 6.61. The minimum atomic E-state index is -0.375. The zero-order valence-corrected chi connectivity index (χ0v) is 17.0. The van der Waals surface area contributed by atoms with Gasteiger partial charge in [0.25, 0.3) is 0 Å². The van der Waals surface area contributed by atoms with E-state index in [2.05, 4.69) is 30.1 Å². The molecule has 0 aliphatic carbocycles. The number of nitrogens with zero attached hydrogens (tertiary/aromatic N) is 1. The number of aliphatic hydroxyl groups excluding tert-OH is 2. The van der Waals surface area contributed by atoms with Crippen LogP contribution < -0.4 is 0 Å². The third kappa shape index (κ3) is 5.69. The summed E-state index contributed by atoms with van der Waals surface area (Å²) in [6.07, 6.45) is 1.54. The molecule has 24 heavy (non-hydrogen) atoms. The van der Waals surface area contributed by atoms with Crippen LogP contribution in [0.1, 0.15) is 25.8 Å². The van der Waals surface area contributed by atoms with E-state index in [0.717, 1.165) is 11.3 Å². The van der Waals surface area contributed by atoms with E-state index in [9.17, 15) is 0 Å². The van der Waals surface area contributed by atoms with Gasteiger partial charge in [0, 0.05) is 32.0 Å². The number of fused-ring (bicyclic) bond motifs is 1. The van der Waals surface area contributed by atoms with E-state index in [1.165, 1.54) is 15.0 Å². The summed E-state index contributed by atoms with van der Waals surface area (Å²) < 4.78 is 1.27. The van der Waals surface area contributed by atoms with Crippen molar-refractivity contribution < 1.29 is 30.3 Å². The predicted molar refractivity (Wildman–Crippen MR) is 97.5 cm³/mol. The summed E-state index contributed by atoms with van der Waals surface area (Å²) in [4.78, 5) is 5.54. The van der Waals surface area contributed by atoms with Crippen LogP contribution >= 0.6 is 11.3 Å². The van der Waals surface area contributed by atoms with Gasteiger partial charge in [-0.15, -0.1) is 11.5 Å². The van der Waals surface area contributed by atoms with Gasteiger partial charge in [-0.05, 0) is 42.0 Å². The van der Waals surface area contributed by atoms with E-state index in [-0.39, 0.29) is 32.3 Å². The maximum atomic E-state index is 8.56. The van der Waals surface area contributed by atoms with Crippen molar-refractivity contribution in [2.24, 2.45) is 0 Å². The quantitative estimate of drug-likeness (QED) is 0.507. The smallest absolute Gasteiger partial charge is 0.0536 e. The molecule has 1 radical (unpaired) electrons. The molecule has 2 aromatic heterocycles. The minimum Gasteiger partial charge on any atom is -0.393 e. The summed E-state index contributed by atoms with van der Waals surface area (Å²) in [5.74, 6) is 0. The van der Waals surface area contributed by atoms with Crippen molar-refractivity contribution in [2.45, 2.75) is 32.5 Å². The number of hydrogen-bond acceptors (Lipinski definition) is 4. The van der Waals surface area contributed by atoms with Gasteiger partial charge in [0.15, 0.2) is 0 Å². The fourth-order valence-corrected chi connectivity index (χ4v) is 3.42. The average Bonchev–Trinajstić information content (AvgIpc) is 2.85. The van der Waals surface area contributed by atoms with Gasteiger partial charge in [-0.1, -0.05) is 24.3 Å². The van der Waals surface area contributed by atoms with Crippen LogP contribution in [0.15, 0.2) is 48.7 Å². The fourth-order valence-electron chi connectivity index (χ4n) is 2.30. The molecule has 2 heterocycles. The topological polar surface area (TPSA) is 53.4 Å². The van der Waals surface area contributed by atoms with Gasteiger partial charge >= 0.3 is 0 Å². The minimum absolute atomic E-state index is 0. The molecule has 2 atom stereocenters. The van der Waals surface area contributed by atoms with Crippen LogP contribution in [0.4, 0.5) is 0 Å². The van der Waals surface area contributed by atoms with Crippen molar-refractivity contribution in [3.8, 4) is 10.6 Å². The van der Waals surface area contributed by atoms with Crippen LogP contribution in [-0.4, -0.2) is 27.4 Å². The molecule has 0 aliphatic rings. The summed E-state index contributed by atoms with van der Waals surface area (Å²) in [6.45, 7) is 7.47.